The van der Waals surface area contributed by atoms with E-state index >= 15 is 0 Å². The second-order valence-electron chi connectivity index (χ2n) is 3.59. The van der Waals surface area contributed by atoms with E-state index in [9.17, 15) is 4.79 Å². The molecular formula is C11H14N2O. The van der Waals surface area contributed by atoms with Crippen molar-refractivity contribution in [1.82, 2.24) is 0 Å². The van der Waals surface area contributed by atoms with Crippen molar-refractivity contribution in [2.24, 2.45) is 5.73 Å². The van der Waals surface area contributed by atoms with Gasteiger partial charge in [0.1, 0.15) is 0 Å². The molecule has 1 aromatic carbocycles. The fourth-order valence-electron chi connectivity index (χ4n) is 1.91. The summed E-state index contributed by atoms with van der Waals surface area (Å²) in [7, 11) is 0. The summed E-state index contributed by atoms with van der Waals surface area (Å²) in [5.41, 5.74) is 8.98. The lowest BCUT2D eigenvalue weighted by Crippen LogP contribution is -2.25. The Balaban J connectivity index is 2.38. The predicted octanol–water partition coefficient (Wildman–Crippen LogP) is 1.05. The van der Waals surface area contributed by atoms with Crippen LogP contribution >= 0.6 is 0 Å². The maximum Gasteiger partial charge on any atom is 0.223 e. The summed E-state index contributed by atoms with van der Waals surface area (Å²) in [6, 6.07) is 6.07. The molecule has 14 heavy (non-hydrogen) atoms. The van der Waals surface area contributed by atoms with Crippen molar-refractivity contribution >= 4 is 11.6 Å². The number of hydrogen-bond donors (Lipinski definition) is 1. The maximum absolute atomic E-state index is 11.3. The molecule has 0 fully saturated rings. The van der Waals surface area contributed by atoms with E-state index in [2.05, 4.69) is 6.07 Å². The number of benzene rings is 1. The first-order chi connectivity index (χ1) is 6.72. The summed E-state index contributed by atoms with van der Waals surface area (Å²) >= 11 is 0. The Labute approximate surface area is 83.5 Å². The van der Waals surface area contributed by atoms with Gasteiger partial charge in [0.15, 0.2) is 0 Å². The minimum Gasteiger partial charge on any atom is -0.326 e. The molecular weight excluding hydrogens is 176 g/mol. The highest BCUT2D eigenvalue weighted by Gasteiger charge is 2.21. The molecule has 0 radical (unpaired) electrons. The van der Waals surface area contributed by atoms with Crippen LogP contribution in [0.15, 0.2) is 18.2 Å². The molecule has 0 spiro atoms. The molecule has 1 aliphatic heterocycles. The predicted molar refractivity (Wildman–Crippen MR) is 56.1 cm³/mol. The first kappa shape index (κ1) is 9.21. The molecule has 0 unspecified atom stereocenters. The lowest BCUT2D eigenvalue weighted by Gasteiger charge is -2.14. The van der Waals surface area contributed by atoms with Crippen molar-refractivity contribution in [1.29, 1.82) is 0 Å². The Morgan fingerprint density at radius 1 is 1.57 bits per heavy atom. The van der Waals surface area contributed by atoms with E-state index in [-0.39, 0.29) is 5.91 Å². The zero-order chi connectivity index (χ0) is 10.1. The van der Waals surface area contributed by atoms with Gasteiger partial charge in [-0.2, -0.15) is 0 Å². The van der Waals surface area contributed by atoms with Crippen molar-refractivity contribution < 1.29 is 4.79 Å². The number of amides is 1. The summed E-state index contributed by atoms with van der Waals surface area (Å²) in [6.07, 6.45) is 0.947. The molecule has 0 aromatic heterocycles. The van der Waals surface area contributed by atoms with Crippen LogP contribution < -0.4 is 10.6 Å². The van der Waals surface area contributed by atoms with Crippen LogP contribution in [0.2, 0.25) is 0 Å². The van der Waals surface area contributed by atoms with Gasteiger partial charge in [-0.15, -0.1) is 0 Å². The SMILES string of the molecule is CC(=O)N1CCc2cc(CN)ccc21. The topological polar surface area (TPSA) is 46.3 Å². The van der Waals surface area contributed by atoms with Gasteiger partial charge in [0.2, 0.25) is 5.91 Å². The normalized spacial score (nSPS) is 14.3. The molecule has 1 amide bonds. The van der Waals surface area contributed by atoms with Gasteiger partial charge in [0, 0.05) is 25.7 Å². The van der Waals surface area contributed by atoms with Crippen LogP contribution in [-0.2, 0) is 17.8 Å². The highest BCUT2D eigenvalue weighted by Crippen LogP contribution is 2.28. The number of fused-ring (bicyclic) bond motifs is 1. The first-order valence-corrected chi connectivity index (χ1v) is 4.82. The summed E-state index contributed by atoms with van der Waals surface area (Å²) in [6.45, 7) is 2.97. The summed E-state index contributed by atoms with van der Waals surface area (Å²) in [5.74, 6) is 0.115. The van der Waals surface area contributed by atoms with E-state index in [0.717, 1.165) is 24.2 Å². The van der Waals surface area contributed by atoms with Crippen molar-refractivity contribution in [3.05, 3.63) is 29.3 Å². The van der Waals surface area contributed by atoms with Crippen LogP contribution in [0.3, 0.4) is 0 Å². The fraction of sp³-hybridized carbons (Fsp3) is 0.364. The largest absolute Gasteiger partial charge is 0.326 e. The highest BCUT2D eigenvalue weighted by molar-refractivity contribution is 5.93. The van der Waals surface area contributed by atoms with Crippen molar-refractivity contribution in [2.45, 2.75) is 19.9 Å². The van der Waals surface area contributed by atoms with Gasteiger partial charge < -0.3 is 10.6 Å². The van der Waals surface area contributed by atoms with Crippen LogP contribution in [0.25, 0.3) is 0 Å². The van der Waals surface area contributed by atoms with E-state index in [1.165, 1.54) is 5.56 Å². The standard InChI is InChI=1S/C11H14N2O/c1-8(14)13-5-4-10-6-9(7-12)2-3-11(10)13/h2-3,6H,4-5,7,12H2,1H3. The monoisotopic (exact) mass is 190 g/mol. The molecule has 1 heterocycles. The Hall–Kier alpha value is -1.35. The van der Waals surface area contributed by atoms with E-state index in [1.807, 2.05) is 17.0 Å². The van der Waals surface area contributed by atoms with Crippen LogP contribution in [0.4, 0.5) is 5.69 Å². The second-order valence-corrected chi connectivity index (χ2v) is 3.59. The van der Waals surface area contributed by atoms with Gasteiger partial charge in [-0.05, 0) is 23.6 Å². The summed E-state index contributed by atoms with van der Waals surface area (Å²) < 4.78 is 0. The zero-order valence-corrected chi connectivity index (χ0v) is 8.29. The maximum atomic E-state index is 11.3. The van der Waals surface area contributed by atoms with Gasteiger partial charge in [-0.25, -0.2) is 0 Å². The number of hydrogen-bond acceptors (Lipinski definition) is 2. The third kappa shape index (κ3) is 1.40. The Bertz CT molecular complexity index is 374. The average Bonchev–Trinajstić information content (AvgIpc) is 2.59. The Kier molecular flexibility index (Phi) is 2.25. The summed E-state index contributed by atoms with van der Waals surface area (Å²) in [4.78, 5) is 13.1. The van der Waals surface area contributed by atoms with Crippen LogP contribution in [-0.4, -0.2) is 12.5 Å². The molecule has 0 bridgehead atoms. The number of rotatable bonds is 1. The molecule has 0 atom stereocenters. The third-order valence-electron chi connectivity index (χ3n) is 2.66. The number of nitrogens with two attached hydrogens (primary N) is 1. The van der Waals surface area contributed by atoms with Gasteiger partial charge >= 0.3 is 0 Å². The number of carbonyl (C=O) groups excluding carboxylic acids is 1. The molecule has 3 nitrogen and oxygen atoms in total. The number of anilines is 1. The lowest BCUT2D eigenvalue weighted by molar-refractivity contribution is -0.116. The third-order valence-corrected chi connectivity index (χ3v) is 2.66. The second kappa shape index (κ2) is 3.42. The van der Waals surface area contributed by atoms with Crippen LogP contribution in [0.5, 0.6) is 0 Å². The minimum atomic E-state index is 0.115. The molecule has 74 valence electrons. The van der Waals surface area contributed by atoms with Crippen molar-refractivity contribution in [3.63, 3.8) is 0 Å². The first-order valence-electron chi connectivity index (χ1n) is 4.82. The van der Waals surface area contributed by atoms with Gasteiger partial charge in [0.05, 0.1) is 0 Å². The summed E-state index contributed by atoms with van der Waals surface area (Å²) in [5, 5.41) is 0. The molecule has 0 saturated carbocycles. The molecule has 2 rings (SSSR count). The van der Waals surface area contributed by atoms with Crippen molar-refractivity contribution in [2.75, 3.05) is 11.4 Å². The fourth-order valence-corrected chi connectivity index (χ4v) is 1.91. The number of carbonyl (C=O) groups is 1. The van der Waals surface area contributed by atoms with E-state index < -0.39 is 0 Å². The Morgan fingerprint density at radius 3 is 3.00 bits per heavy atom. The molecule has 2 N–H and O–H groups in total. The zero-order valence-electron chi connectivity index (χ0n) is 8.29. The van der Waals surface area contributed by atoms with E-state index in [4.69, 9.17) is 5.73 Å². The highest BCUT2D eigenvalue weighted by atomic mass is 16.2. The molecule has 1 aromatic rings. The van der Waals surface area contributed by atoms with Gasteiger partial charge in [0.25, 0.3) is 0 Å². The smallest absolute Gasteiger partial charge is 0.223 e. The number of nitrogens with zero attached hydrogens (tertiary/aromatic N) is 1. The van der Waals surface area contributed by atoms with Crippen molar-refractivity contribution in [3.8, 4) is 0 Å². The van der Waals surface area contributed by atoms with Crippen LogP contribution in [0.1, 0.15) is 18.1 Å². The minimum absolute atomic E-state index is 0.115. The van der Waals surface area contributed by atoms with E-state index in [1.54, 1.807) is 6.92 Å². The lowest BCUT2D eigenvalue weighted by atomic mass is 10.1. The molecule has 1 aliphatic rings. The Morgan fingerprint density at radius 2 is 2.36 bits per heavy atom. The molecule has 3 heteroatoms. The quantitative estimate of drug-likeness (QED) is 0.719. The average molecular weight is 190 g/mol. The van der Waals surface area contributed by atoms with E-state index in [0.29, 0.717) is 6.54 Å². The van der Waals surface area contributed by atoms with Gasteiger partial charge in [-0.1, -0.05) is 12.1 Å². The van der Waals surface area contributed by atoms with Gasteiger partial charge in [-0.3, -0.25) is 4.79 Å². The van der Waals surface area contributed by atoms with Crippen LogP contribution in [0, 0.1) is 0 Å². The molecule has 0 aliphatic carbocycles. The molecule has 0 saturated heterocycles.